The molecule has 0 saturated carbocycles. The molecule has 0 aliphatic heterocycles. The summed E-state index contributed by atoms with van der Waals surface area (Å²) < 4.78 is 5.13. The molecular formula is C18H22ClN3O2. The van der Waals surface area contributed by atoms with Crippen molar-refractivity contribution >= 4 is 28.9 Å². The van der Waals surface area contributed by atoms with E-state index in [-0.39, 0.29) is 5.91 Å². The number of nitrogens with one attached hydrogen (secondary N) is 2. The third-order valence-corrected chi connectivity index (χ3v) is 3.80. The standard InChI is InChI=1S/C18H22ClN3O2/c1-3-4-5-8-21-18(23)13-9-15(12-20-11-13)22-14-6-7-17(24-2)16(19)10-14/h6-7,9-12,22H,3-5,8H2,1-2H3,(H,21,23). The van der Waals surface area contributed by atoms with E-state index in [0.717, 1.165) is 30.6 Å². The third-order valence-electron chi connectivity index (χ3n) is 3.51. The summed E-state index contributed by atoms with van der Waals surface area (Å²) in [6.07, 6.45) is 6.44. The summed E-state index contributed by atoms with van der Waals surface area (Å²) in [5, 5.41) is 6.60. The van der Waals surface area contributed by atoms with Gasteiger partial charge in [-0.15, -0.1) is 0 Å². The quantitative estimate of drug-likeness (QED) is 0.694. The molecule has 128 valence electrons. The molecule has 6 heteroatoms. The molecule has 5 nitrogen and oxygen atoms in total. The molecule has 1 aromatic heterocycles. The lowest BCUT2D eigenvalue weighted by Crippen LogP contribution is -2.24. The molecular weight excluding hydrogens is 326 g/mol. The number of ether oxygens (including phenoxy) is 1. The van der Waals surface area contributed by atoms with Crippen LogP contribution in [-0.4, -0.2) is 24.5 Å². The fourth-order valence-corrected chi connectivity index (χ4v) is 2.48. The van der Waals surface area contributed by atoms with Crippen molar-refractivity contribution in [2.75, 3.05) is 19.0 Å². The van der Waals surface area contributed by atoms with Crippen LogP contribution in [0.2, 0.25) is 5.02 Å². The number of aromatic nitrogens is 1. The summed E-state index contributed by atoms with van der Waals surface area (Å²) in [7, 11) is 1.57. The highest BCUT2D eigenvalue weighted by Gasteiger charge is 2.07. The predicted molar refractivity (Wildman–Crippen MR) is 97.4 cm³/mol. The van der Waals surface area contributed by atoms with Crippen LogP contribution in [0.15, 0.2) is 36.7 Å². The Morgan fingerprint density at radius 1 is 1.21 bits per heavy atom. The van der Waals surface area contributed by atoms with Crippen LogP contribution in [0, 0.1) is 0 Å². The number of nitrogens with zero attached hydrogens (tertiary/aromatic N) is 1. The van der Waals surface area contributed by atoms with E-state index in [1.54, 1.807) is 37.7 Å². The van der Waals surface area contributed by atoms with E-state index in [9.17, 15) is 4.79 Å². The van der Waals surface area contributed by atoms with Crippen LogP contribution in [0.25, 0.3) is 0 Å². The molecule has 1 aromatic carbocycles. The normalized spacial score (nSPS) is 10.3. The molecule has 1 amide bonds. The van der Waals surface area contributed by atoms with Gasteiger partial charge in [-0.2, -0.15) is 0 Å². The van der Waals surface area contributed by atoms with Gasteiger partial charge in [0.2, 0.25) is 0 Å². The second kappa shape index (κ2) is 9.13. The summed E-state index contributed by atoms with van der Waals surface area (Å²) in [4.78, 5) is 16.3. The average Bonchev–Trinajstić information content (AvgIpc) is 2.59. The number of anilines is 2. The summed E-state index contributed by atoms with van der Waals surface area (Å²) >= 11 is 6.12. The first-order chi connectivity index (χ1) is 11.6. The number of carbonyl (C=O) groups is 1. The molecule has 0 atom stereocenters. The molecule has 0 aliphatic carbocycles. The molecule has 0 fully saturated rings. The molecule has 2 N–H and O–H groups in total. The van der Waals surface area contributed by atoms with E-state index in [1.165, 1.54) is 0 Å². The van der Waals surface area contributed by atoms with Crippen LogP contribution in [0.4, 0.5) is 11.4 Å². The highest BCUT2D eigenvalue weighted by Crippen LogP contribution is 2.28. The van der Waals surface area contributed by atoms with E-state index in [0.29, 0.717) is 22.9 Å². The molecule has 2 rings (SSSR count). The second-order valence-electron chi connectivity index (χ2n) is 5.40. The maximum absolute atomic E-state index is 12.1. The van der Waals surface area contributed by atoms with Gasteiger partial charge in [0.1, 0.15) is 5.75 Å². The Labute approximate surface area is 147 Å². The van der Waals surface area contributed by atoms with Crippen molar-refractivity contribution in [1.29, 1.82) is 0 Å². The smallest absolute Gasteiger partial charge is 0.252 e. The van der Waals surface area contributed by atoms with Gasteiger partial charge in [-0.3, -0.25) is 9.78 Å². The highest BCUT2D eigenvalue weighted by molar-refractivity contribution is 6.32. The van der Waals surface area contributed by atoms with Gasteiger partial charge in [-0.05, 0) is 30.7 Å². The Morgan fingerprint density at radius 2 is 2.04 bits per heavy atom. The van der Waals surface area contributed by atoms with E-state index < -0.39 is 0 Å². The minimum Gasteiger partial charge on any atom is -0.495 e. The van der Waals surface area contributed by atoms with Gasteiger partial charge in [0.25, 0.3) is 5.91 Å². The third kappa shape index (κ3) is 5.13. The lowest BCUT2D eigenvalue weighted by molar-refractivity contribution is 0.0952. The lowest BCUT2D eigenvalue weighted by Gasteiger charge is -2.10. The molecule has 2 aromatic rings. The Hall–Kier alpha value is -2.27. The fraction of sp³-hybridized carbons (Fsp3) is 0.333. The van der Waals surface area contributed by atoms with Crippen molar-refractivity contribution in [2.45, 2.75) is 26.2 Å². The fourth-order valence-electron chi connectivity index (χ4n) is 2.22. The Bertz CT molecular complexity index is 692. The Balaban J connectivity index is 2.02. The maximum atomic E-state index is 12.1. The van der Waals surface area contributed by atoms with Gasteiger partial charge in [-0.25, -0.2) is 0 Å². The number of rotatable bonds is 8. The number of methoxy groups -OCH3 is 1. The predicted octanol–water partition coefficient (Wildman–Crippen LogP) is 4.41. The van der Waals surface area contributed by atoms with Gasteiger partial charge in [-0.1, -0.05) is 31.4 Å². The molecule has 0 aliphatic rings. The number of unbranched alkanes of at least 4 members (excludes halogenated alkanes) is 2. The lowest BCUT2D eigenvalue weighted by atomic mass is 10.2. The summed E-state index contributed by atoms with van der Waals surface area (Å²) in [6.45, 7) is 2.81. The number of benzene rings is 1. The number of hydrogen-bond acceptors (Lipinski definition) is 4. The van der Waals surface area contributed by atoms with Gasteiger partial charge in [0, 0.05) is 18.4 Å². The van der Waals surface area contributed by atoms with Crippen molar-refractivity contribution in [3.05, 3.63) is 47.2 Å². The van der Waals surface area contributed by atoms with E-state index >= 15 is 0 Å². The van der Waals surface area contributed by atoms with E-state index in [2.05, 4.69) is 22.5 Å². The zero-order chi connectivity index (χ0) is 17.4. The van der Waals surface area contributed by atoms with E-state index in [4.69, 9.17) is 16.3 Å². The largest absolute Gasteiger partial charge is 0.495 e. The van der Waals surface area contributed by atoms with E-state index in [1.807, 2.05) is 6.07 Å². The minimum atomic E-state index is -0.116. The van der Waals surface area contributed by atoms with Crippen molar-refractivity contribution in [1.82, 2.24) is 10.3 Å². The zero-order valence-corrected chi connectivity index (χ0v) is 14.7. The van der Waals surface area contributed by atoms with Crippen LogP contribution in [-0.2, 0) is 0 Å². The van der Waals surface area contributed by atoms with Crippen LogP contribution in [0.5, 0.6) is 5.75 Å². The van der Waals surface area contributed by atoms with Gasteiger partial charge in [0.15, 0.2) is 0 Å². The van der Waals surface area contributed by atoms with Crippen LogP contribution < -0.4 is 15.4 Å². The molecule has 0 saturated heterocycles. The van der Waals surface area contributed by atoms with Crippen LogP contribution >= 0.6 is 11.6 Å². The van der Waals surface area contributed by atoms with Crippen molar-refractivity contribution < 1.29 is 9.53 Å². The Kier molecular flexibility index (Phi) is 6.88. The second-order valence-corrected chi connectivity index (χ2v) is 5.81. The molecule has 0 bridgehead atoms. The summed E-state index contributed by atoms with van der Waals surface area (Å²) in [6, 6.07) is 7.16. The number of hydrogen-bond donors (Lipinski definition) is 2. The SMILES string of the molecule is CCCCCNC(=O)c1cncc(Nc2ccc(OC)c(Cl)c2)c1. The van der Waals surface area contributed by atoms with Gasteiger partial charge in [0.05, 0.1) is 29.6 Å². The molecule has 24 heavy (non-hydrogen) atoms. The minimum absolute atomic E-state index is 0.116. The van der Waals surface area contributed by atoms with Crippen molar-refractivity contribution in [2.24, 2.45) is 0 Å². The highest BCUT2D eigenvalue weighted by atomic mass is 35.5. The summed E-state index contributed by atoms with van der Waals surface area (Å²) in [5.74, 6) is 0.496. The first kappa shape index (κ1) is 18.1. The molecule has 0 unspecified atom stereocenters. The molecule has 0 radical (unpaired) electrons. The molecule has 1 heterocycles. The topological polar surface area (TPSA) is 63.2 Å². The molecule has 0 spiro atoms. The van der Waals surface area contributed by atoms with Crippen molar-refractivity contribution in [3.8, 4) is 5.75 Å². The number of halogens is 1. The first-order valence-electron chi connectivity index (χ1n) is 7.98. The van der Waals surface area contributed by atoms with Gasteiger partial charge >= 0.3 is 0 Å². The number of pyridine rings is 1. The first-order valence-corrected chi connectivity index (χ1v) is 8.35. The van der Waals surface area contributed by atoms with Crippen molar-refractivity contribution in [3.63, 3.8) is 0 Å². The summed E-state index contributed by atoms with van der Waals surface area (Å²) in [5.41, 5.74) is 2.04. The Morgan fingerprint density at radius 3 is 2.75 bits per heavy atom. The van der Waals surface area contributed by atoms with Crippen LogP contribution in [0.3, 0.4) is 0 Å². The average molecular weight is 348 g/mol. The maximum Gasteiger partial charge on any atom is 0.252 e. The zero-order valence-electron chi connectivity index (χ0n) is 13.9. The van der Waals surface area contributed by atoms with Crippen LogP contribution in [0.1, 0.15) is 36.5 Å². The van der Waals surface area contributed by atoms with Gasteiger partial charge < -0.3 is 15.4 Å². The monoisotopic (exact) mass is 347 g/mol. The number of amides is 1. The number of carbonyl (C=O) groups excluding carboxylic acids is 1.